The van der Waals surface area contributed by atoms with Gasteiger partial charge in [0.2, 0.25) is 29.5 Å². The van der Waals surface area contributed by atoms with Crippen molar-refractivity contribution < 1.29 is 126 Å². The highest BCUT2D eigenvalue weighted by molar-refractivity contribution is 8.76. The summed E-state index contributed by atoms with van der Waals surface area (Å²) in [7, 11) is 3.92. The number of carboxylic acid groups (broad SMARTS) is 5. The van der Waals surface area contributed by atoms with Crippen molar-refractivity contribution in [3.05, 3.63) is 81.3 Å². The number of aromatic nitrogens is 1. The van der Waals surface area contributed by atoms with Gasteiger partial charge in [0.1, 0.15) is 36.4 Å². The molecule has 0 spiro atoms. The van der Waals surface area contributed by atoms with E-state index in [0.29, 0.717) is 61.1 Å². The molecule has 0 saturated carbocycles. The van der Waals surface area contributed by atoms with Gasteiger partial charge in [0.25, 0.3) is 5.91 Å². The van der Waals surface area contributed by atoms with Crippen LogP contribution in [0.4, 0.5) is 0 Å². The predicted molar refractivity (Wildman–Crippen MR) is 437 cm³/mol. The zero-order valence-electron chi connectivity index (χ0n) is 68.8. The molecule has 4 rings (SSSR count). The maximum atomic E-state index is 15.0. The molecule has 34 nitrogen and oxygen atoms in total. The predicted octanol–water partition coefficient (Wildman–Crippen LogP) is 7.38. The third-order valence-corrected chi connectivity index (χ3v) is 23.6. The quantitative estimate of drug-likeness (QED) is 0.0114. The van der Waals surface area contributed by atoms with Gasteiger partial charge in [0, 0.05) is 91.8 Å². The number of Topliss-reactive ketones (excluding diaryl/α,β-unsaturated/α-hetero) is 3. The van der Waals surface area contributed by atoms with Gasteiger partial charge in [0.05, 0.1) is 54.6 Å². The van der Waals surface area contributed by atoms with Crippen LogP contribution >= 0.6 is 32.9 Å². The number of thiazole rings is 1. The van der Waals surface area contributed by atoms with Gasteiger partial charge in [-0.15, -0.1) is 11.3 Å². The summed E-state index contributed by atoms with van der Waals surface area (Å²) in [6.07, 6.45) is 3.26. The van der Waals surface area contributed by atoms with Gasteiger partial charge >= 0.3 is 47.9 Å². The van der Waals surface area contributed by atoms with E-state index in [0.717, 1.165) is 53.0 Å². The molecule has 1 aliphatic rings. The lowest BCUT2D eigenvalue weighted by atomic mass is 9.82. The number of phenolic OH excluding ortho intramolecular Hbond substituents is 1. The van der Waals surface area contributed by atoms with Crippen LogP contribution in [0.3, 0.4) is 0 Å². The Balaban J connectivity index is 0.0000120. The van der Waals surface area contributed by atoms with Crippen LogP contribution in [-0.2, 0) is 110 Å². The van der Waals surface area contributed by atoms with Gasteiger partial charge in [-0.3, -0.25) is 76.8 Å². The highest BCUT2D eigenvalue weighted by atomic mass is 33.1. The van der Waals surface area contributed by atoms with E-state index < -0.39 is 145 Å². The summed E-state index contributed by atoms with van der Waals surface area (Å²) in [5.74, 6) is -17.8. The first-order valence-corrected chi connectivity index (χ1v) is 43.3. The van der Waals surface area contributed by atoms with Crippen LogP contribution < -0.4 is 26.6 Å². The number of aromatic hydroxyl groups is 1. The molecule has 3 aromatic rings. The van der Waals surface area contributed by atoms with E-state index >= 15 is 0 Å². The molecule has 1 aliphatic heterocycles. The monoisotopic (exact) mass is 1720 g/mol. The smallest absolute Gasteiger partial charge is 0.373 e. The number of ketones is 3. The summed E-state index contributed by atoms with van der Waals surface area (Å²) in [6, 6.07) is 7.70. The van der Waals surface area contributed by atoms with Crippen LogP contribution in [0.5, 0.6) is 5.75 Å². The number of carboxylic acids is 5. The number of rotatable bonds is 58. The minimum atomic E-state index is -1.74. The number of hydrogen-bond acceptors (Lipinski definition) is 26. The van der Waals surface area contributed by atoms with E-state index in [1.54, 1.807) is 41.5 Å². The number of piperidine rings is 1. The Morgan fingerprint density at radius 2 is 1.29 bits per heavy atom. The number of carbonyl (C=O) groups excluding carboxylic acids is 13. The molecular formula is C82H116N8O26S3. The third kappa shape index (κ3) is 40.6. The Labute approximate surface area is 704 Å². The van der Waals surface area contributed by atoms with Crippen molar-refractivity contribution in [2.24, 2.45) is 35.5 Å². The summed E-state index contributed by atoms with van der Waals surface area (Å²) in [5, 5.41) is 72.8. The van der Waals surface area contributed by atoms with Gasteiger partial charge in [-0.25, -0.2) is 9.78 Å². The highest BCUT2D eigenvalue weighted by Crippen LogP contribution is 2.34. The SMILES string of the molecule is CCCC(=O)OCN(C(=O)[C@@H](CC(=O)[C@H]1CCCCN1C)C(C)CC)[C@H](C[C@@H](C)c1nc(C(=O)N[C@@H](Cc2ccc(O)cc2)C[C@H](C)C(=O)NCC(=O)OCCSSC[C@H](NC(=O)[C@H](CC(=O)O)CC(=O)[C@H](CC(=O)O)NC(=O)Cc2ccc(CC(=O)NCCCC[C@H](CC(=O)CCCCC(=O)O)C(=O)O)cc2)C(=O)O)cs1)C(C)C.O=C=O. The number of nitrogens with zero attached hydrogens (tertiary/aromatic N) is 3. The summed E-state index contributed by atoms with van der Waals surface area (Å²) in [6.45, 7) is 13.3. The number of amides is 6. The molecule has 658 valence electrons. The summed E-state index contributed by atoms with van der Waals surface area (Å²) < 4.78 is 11.0. The normalized spacial score (nSPS) is 15.1. The standard InChI is InChI=1S/C81H116N8O24S3.CO2/c1-9-17-73(102)113-47-89(79(107)60(49(5)10-2)42-67(93)64-20-14-16-31-88(64)8)65(48(3)4)35-51(7)78-87-62(45-114-78)77(106)84-57(36-52-26-28-58(90)29-27-52)34-50(6)75(104)83-44-74(103)112-32-33-115-116-46-63(81(110)111)86-76(105)56(41-71(98)99)40-66(92)61(43-72(100)101)85-69(95)38-54-24-22-53(23-25-54)37-68(94)82-30-15-13-18-55(80(108)109)39-59(91)19-11-12-21-70(96)97;2-1-3/h22-29,45,48-51,55-57,60-61,63-65,90H,9-21,30-44,46-47H2,1-8H3,(H,82,94)(H,83,104)(H,84,106)(H,85,95)(H,86,105)(H,96,97)(H,98,99)(H,100,101)(H,108,109)(H,110,111);/t49?,50-,51+,55+,56-,57+,60-,61-,63-,64+,65+;/m0./s1. The molecule has 0 bridgehead atoms. The van der Waals surface area contributed by atoms with E-state index in [1.807, 2.05) is 48.6 Å². The van der Waals surface area contributed by atoms with Gasteiger partial charge < -0.3 is 71.6 Å². The second-order valence-corrected chi connectivity index (χ2v) is 33.7. The van der Waals surface area contributed by atoms with Gasteiger partial charge in [-0.05, 0) is 118 Å². The molecule has 1 saturated heterocycles. The first-order valence-electron chi connectivity index (χ1n) is 39.9. The zero-order chi connectivity index (χ0) is 88.8. The number of likely N-dealkylation sites (tertiary alicyclic amines) is 1. The summed E-state index contributed by atoms with van der Waals surface area (Å²) in [5.41, 5.74) is 1.77. The fourth-order valence-corrected chi connectivity index (χ4v) is 16.2. The fourth-order valence-electron chi connectivity index (χ4n) is 13.3. The number of carbonyl (C=O) groups is 16. The molecule has 2 heterocycles. The average Bonchev–Trinajstić information content (AvgIpc) is 1.78. The average molecular weight is 1730 g/mol. The fraction of sp³-hybridized carbons (Fsp3) is 0.610. The number of nitrogens with one attached hydrogen (secondary N) is 5. The number of aliphatic carboxylic acids is 5. The van der Waals surface area contributed by atoms with E-state index in [2.05, 4.69) is 31.5 Å². The maximum Gasteiger partial charge on any atom is 0.373 e. The minimum Gasteiger partial charge on any atom is -0.508 e. The Kier molecular flexibility index (Phi) is 48.3. The second kappa shape index (κ2) is 55.7. The van der Waals surface area contributed by atoms with Crippen molar-refractivity contribution in [3.8, 4) is 5.75 Å². The molecule has 1 fully saturated rings. The van der Waals surface area contributed by atoms with Crippen molar-refractivity contribution >= 4 is 134 Å². The second-order valence-electron chi connectivity index (χ2n) is 30.2. The summed E-state index contributed by atoms with van der Waals surface area (Å²) in [4.78, 5) is 231. The van der Waals surface area contributed by atoms with Crippen molar-refractivity contribution in [2.75, 3.05) is 51.5 Å². The van der Waals surface area contributed by atoms with E-state index in [1.165, 1.54) is 35.6 Å². The van der Waals surface area contributed by atoms with E-state index in [4.69, 9.17) is 29.2 Å². The lowest BCUT2D eigenvalue weighted by Gasteiger charge is -2.39. The third-order valence-electron chi connectivity index (χ3n) is 20.2. The number of likely N-dealkylation sites (N-methyl/N-ethyl adjacent to an activating group) is 1. The Morgan fingerprint density at radius 1 is 0.655 bits per heavy atom. The van der Waals surface area contributed by atoms with E-state index in [9.17, 15) is 102 Å². The number of esters is 2. The number of phenols is 1. The summed E-state index contributed by atoms with van der Waals surface area (Å²) >= 11 is 1.26. The molecule has 119 heavy (non-hydrogen) atoms. The topological polar surface area (TPSA) is 527 Å². The lowest BCUT2D eigenvalue weighted by Crippen LogP contribution is -2.50. The molecule has 37 heteroatoms. The maximum absolute atomic E-state index is 15.0. The lowest BCUT2D eigenvalue weighted by molar-refractivity contribution is -0.192. The zero-order valence-corrected chi connectivity index (χ0v) is 71.2. The molecule has 6 amide bonds. The van der Waals surface area contributed by atoms with Crippen LogP contribution in [-0.4, -0.2) is 228 Å². The van der Waals surface area contributed by atoms with Gasteiger partial charge in [-0.2, -0.15) is 9.59 Å². The van der Waals surface area contributed by atoms with Crippen molar-refractivity contribution in [2.45, 2.75) is 232 Å². The highest BCUT2D eigenvalue weighted by Gasteiger charge is 2.40. The first kappa shape index (κ1) is 103. The molecule has 0 radical (unpaired) electrons. The first-order chi connectivity index (χ1) is 56.4. The molecular weight excluding hydrogens is 1610 g/mol. The van der Waals surface area contributed by atoms with Crippen LogP contribution in [0.1, 0.15) is 215 Å². The minimum absolute atomic E-state index is 0.0169. The molecule has 1 aromatic heterocycles. The number of benzene rings is 2. The Morgan fingerprint density at radius 3 is 1.89 bits per heavy atom. The van der Waals surface area contributed by atoms with Gasteiger partial charge in [0.15, 0.2) is 18.3 Å². The van der Waals surface area contributed by atoms with Crippen LogP contribution in [0.2, 0.25) is 0 Å². The number of hydrogen-bond donors (Lipinski definition) is 11. The van der Waals surface area contributed by atoms with Crippen LogP contribution in [0, 0.1) is 35.5 Å². The molecule has 11 atom stereocenters. The molecule has 2 aromatic carbocycles. The van der Waals surface area contributed by atoms with Crippen molar-refractivity contribution in [1.82, 2.24) is 41.4 Å². The Bertz CT molecular complexity index is 3890. The number of unbranched alkanes of at least 4 members (excludes halogenated alkanes) is 2. The van der Waals surface area contributed by atoms with Crippen molar-refractivity contribution in [3.63, 3.8) is 0 Å². The van der Waals surface area contributed by atoms with Gasteiger partial charge in [-0.1, -0.05) is 126 Å². The van der Waals surface area contributed by atoms with Crippen molar-refractivity contribution in [1.29, 1.82) is 0 Å². The molecule has 0 aliphatic carbocycles. The van der Waals surface area contributed by atoms with Crippen LogP contribution in [0.15, 0.2) is 53.9 Å². The van der Waals surface area contributed by atoms with Crippen LogP contribution in [0.25, 0.3) is 0 Å². The number of ether oxygens (including phenoxy) is 2. The largest absolute Gasteiger partial charge is 0.508 e. The molecule has 1 unspecified atom stereocenters. The van der Waals surface area contributed by atoms with E-state index in [-0.39, 0.29) is 160 Å². The molecule has 11 N–H and O–H groups in total. The Hall–Kier alpha value is -9.97.